The molecule has 1 N–H and O–H groups in total. The van der Waals surface area contributed by atoms with Crippen molar-refractivity contribution in [2.24, 2.45) is 5.92 Å². The molecule has 3 rings (SSSR count). The number of nitrogens with one attached hydrogen (secondary N) is 1. The SMILES string of the molecule is CC(=O)N1CCC(C(=O)N(CCCN2CCC(NC(=O)OC(C)(C)C)CC2)c2ccc(Cl)c(Cl)c2)CC1. The third-order valence-electron chi connectivity index (χ3n) is 6.93. The molecule has 206 valence electrons. The van der Waals surface area contributed by atoms with Gasteiger partial charge in [0.05, 0.1) is 10.0 Å². The van der Waals surface area contributed by atoms with Crippen molar-refractivity contribution in [3.8, 4) is 0 Å². The summed E-state index contributed by atoms with van der Waals surface area (Å²) >= 11 is 12.4. The third kappa shape index (κ3) is 9.04. The van der Waals surface area contributed by atoms with Crippen LogP contribution in [-0.4, -0.2) is 78.6 Å². The molecule has 2 heterocycles. The van der Waals surface area contributed by atoms with Crippen molar-refractivity contribution in [1.82, 2.24) is 15.1 Å². The summed E-state index contributed by atoms with van der Waals surface area (Å²) in [6.07, 6.45) is 3.49. The predicted octanol–water partition coefficient (Wildman–Crippen LogP) is 4.96. The second-order valence-electron chi connectivity index (χ2n) is 11.0. The van der Waals surface area contributed by atoms with Gasteiger partial charge in [0.25, 0.3) is 0 Å². The number of piperidine rings is 2. The number of halogens is 2. The maximum Gasteiger partial charge on any atom is 0.407 e. The van der Waals surface area contributed by atoms with E-state index in [0.717, 1.165) is 44.6 Å². The number of carbonyl (C=O) groups is 3. The van der Waals surface area contributed by atoms with E-state index in [2.05, 4.69) is 10.2 Å². The molecule has 2 aliphatic rings. The van der Waals surface area contributed by atoms with Crippen LogP contribution in [0.2, 0.25) is 10.0 Å². The second kappa shape index (κ2) is 13.2. The van der Waals surface area contributed by atoms with Gasteiger partial charge in [-0.05, 0) is 77.6 Å². The highest BCUT2D eigenvalue weighted by molar-refractivity contribution is 6.42. The molecular formula is C27H40Cl2N4O4. The highest BCUT2D eigenvalue weighted by Gasteiger charge is 2.30. The van der Waals surface area contributed by atoms with Gasteiger partial charge in [0, 0.05) is 57.3 Å². The van der Waals surface area contributed by atoms with E-state index in [0.29, 0.717) is 42.5 Å². The largest absolute Gasteiger partial charge is 0.444 e. The summed E-state index contributed by atoms with van der Waals surface area (Å²) in [5.74, 6) is -0.00103. The minimum Gasteiger partial charge on any atom is -0.444 e. The standard InChI is InChI=1S/C27H40Cl2N4O4/c1-19(34)32-16-8-20(9-17-32)25(35)33(22-6-7-23(28)24(29)18-22)13-5-12-31-14-10-21(11-15-31)30-26(36)37-27(2,3)4/h6-7,18,20-21H,5,8-17H2,1-4H3,(H,30,36). The molecule has 1 aromatic rings. The predicted molar refractivity (Wildman–Crippen MR) is 147 cm³/mol. The Bertz CT molecular complexity index is 952. The molecular weight excluding hydrogens is 515 g/mol. The molecule has 0 radical (unpaired) electrons. The van der Waals surface area contributed by atoms with Crippen LogP contribution in [0.15, 0.2) is 18.2 Å². The second-order valence-corrected chi connectivity index (χ2v) is 11.8. The molecule has 0 spiro atoms. The number of anilines is 1. The van der Waals surface area contributed by atoms with Crippen LogP contribution in [0.1, 0.15) is 59.8 Å². The normalized spacial score (nSPS) is 17.9. The Balaban J connectivity index is 1.53. The molecule has 3 amide bonds. The van der Waals surface area contributed by atoms with Crippen molar-refractivity contribution in [3.05, 3.63) is 28.2 Å². The Morgan fingerprint density at radius 1 is 1.03 bits per heavy atom. The van der Waals surface area contributed by atoms with Crippen molar-refractivity contribution < 1.29 is 19.1 Å². The zero-order valence-corrected chi connectivity index (χ0v) is 23.9. The molecule has 0 saturated carbocycles. The first-order chi connectivity index (χ1) is 17.4. The highest BCUT2D eigenvalue weighted by atomic mass is 35.5. The Kier molecular flexibility index (Phi) is 10.5. The van der Waals surface area contributed by atoms with Gasteiger partial charge in [-0.15, -0.1) is 0 Å². The molecule has 0 unspecified atom stereocenters. The maximum atomic E-state index is 13.6. The lowest BCUT2D eigenvalue weighted by Crippen LogP contribution is -2.47. The van der Waals surface area contributed by atoms with Crippen LogP contribution >= 0.6 is 23.2 Å². The van der Waals surface area contributed by atoms with Gasteiger partial charge in [-0.25, -0.2) is 4.79 Å². The maximum absolute atomic E-state index is 13.6. The number of benzene rings is 1. The van der Waals surface area contributed by atoms with Crippen molar-refractivity contribution in [2.45, 2.75) is 71.4 Å². The zero-order valence-electron chi connectivity index (χ0n) is 22.4. The molecule has 2 fully saturated rings. The average molecular weight is 556 g/mol. The molecule has 0 bridgehead atoms. The summed E-state index contributed by atoms with van der Waals surface area (Å²) in [5, 5.41) is 3.85. The van der Waals surface area contributed by atoms with Gasteiger partial charge in [-0.1, -0.05) is 23.2 Å². The number of nitrogens with zero attached hydrogens (tertiary/aromatic N) is 3. The molecule has 1 aromatic carbocycles. The van der Waals surface area contributed by atoms with E-state index in [-0.39, 0.29) is 29.9 Å². The molecule has 0 aliphatic carbocycles. The fourth-order valence-electron chi connectivity index (χ4n) is 4.91. The summed E-state index contributed by atoms with van der Waals surface area (Å²) in [5.41, 5.74) is 0.237. The Hall–Kier alpha value is -2.03. The van der Waals surface area contributed by atoms with Gasteiger partial charge in [-0.3, -0.25) is 9.59 Å². The third-order valence-corrected chi connectivity index (χ3v) is 7.67. The number of hydrogen-bond acceptors (Lipinski definition) is 5. The topological polar surface area (TPSA) is 82.2 Å². The number of amides is 3. The minimum atomic E-state index is -0.507. The fourth-order valence-corrected chi connectivity index (χ4v) is 5.20. The van der Waals surface area contributed by atoms with Crippen molar-refractivity contribution >= 4 is 46.8 Å². The zero-order chi connectivity index (χ0) is 27.2. The van der Waals surface area contributed by atoms with E-state index < -0.39 is 5.60 Å². The van der Waals surface area contributed by atoms with Crippen molar-refractivity contribution in [3.63, 3.8) is 0 Å². The molecule has 2 saturated heterocycles. The average Bonchev–Trinajstić information content (AvgIpc) is 2.83. The van der Waals surface area contributed by atoms with Gasteiger partial charge in [0.2, 0.25) is 11.8 Å². The van der Waals surface area contributed by atoms with E-state index in [1.807, 2.05) is 31.7 Å². The Morgan fingerprint density at radius 3 is 2.24 bits per heavy atom. The van der Waals surface area contributed by atoms with Crippen LogP contribution in [0.25, 0.3) is 0 Å². The van der Waals surface area contributed by atoms with Crippen molar-refractivity contribution in [1.29, 1.82) is 0 Å². The van der Waals surface area contributed by atoms with E-state index in [1.165, 1.54) is 0 Å². The molecule has 10 heteroatoms. The number of alkyl carbamates (subject to hydrolysis) is 1. The summed E-state index contributed by atoms with van der Waals surface area (Å²) in [6.45, 7) is 11.5. The monoisotopic (exact) mass is 554 g/mol. The number of hydrogen-bond donors (Lipinski definition) is 1. The lowest BCUT2D eigenvalue weighted by atomic mass is 9.94. The molecule has 2 aliphatic heterocycles. The van der Waals surface area contributed by atoms with E-state index in [9.17, 15) is 14.4 Å². The number of ether oxygens (including phenoxy) is 1. The summed E-state index contributed by atoms with van der Waals surface area (Å²) in [7, 11) is 0. The quantitative estimate of drug-likeness (QED) is 0.514. The van der Waals surface area contributed by atoms with Crippen LogP contribution in [0.4, 0.5) is 10.5 Å². The molecule has 0 atom stereocenters. The number of carbonyl (C=O) groups excluding carboxylic acids is 3. The Morgan fingerprint density at radius 2 is 1.68 bits per heavy atom. The first-order valence-corrected chi connectivity index (χ1v) is 13.9. The summed E-state index contributed by atoms with van der Waals surface area (Å²) in [4.78, 5) is 43.3. The highest BCUT2D eigenvalue weighted by Crippen LogP contribution is 2.30. The first-order valence-electron chi connectivity index (χ1n) is 13.2. The number of rotatable bonds is 7. The van der Waals surface area contributed by atoms with Gasteiger partial charge in [-0.2, -0.15) is 0 Å². The van der Waals surface area contributed by atoms with Crippen molar-refractivity contribution in [2.75, 3.05) is 44.2 Å². The van der Waals surface area contributed by atoms with E-state index in [4.69, 9.17) is 27.9 Å². The first kappa shape index (κ1) is 29.5. The van der Waals surface area contributed by atoms with Crippen LogP contribution < -0.4 is 10.2 Å². The molecule has 8 nitrogen and oxygen atoms in total. The van der Waals surface area contributed by atoms with Crippen LogP contribution in [-0.2, 0) is 14.3 Å². The molecule has 37 heavy (non-hydrogen) atoms. The van der Waals surface area contributed by atoms with E-state index in [1.54, 1.807) is 24.0 Å². The molecule has 0 aromatic heterocycles. The lowest BCUT2D eigenvalue weighted by Gasteiger charge is -2.35. The van der Waals surface area contributed by atoms with Gasteiger partial charge < -0.3 is 24.8 Å². The Labute approximate surface area is 230 Å². The summed E-state index contributed by atoms with van der Waals surface area (Å²) in [6, 6.07) is 5.42. The van der Waals surface area contributed by atoms with Crippen LogP contribution in [0.5, 0.6) is 0 Å². The minimum absolute atomic E-state index is 0.0531. The van der Waals surface area contributed by atoms with Gasteiger partial charge in [0.15, 0.2) is 0 Å². The fraction of sp³-hybridized carbons (Fsp3) is 0.667. The lowest BCUT2D eigenvalue weighted by molar-refractivity contribution is -0.133. The smallest absolute Gasteiger partial charge is 0.407 e. The van der Waals surface area contributed by atoms with Gasteiger partial charge in [0.1, 0.15) is 5.60 Å². The van der Waals surface area contributed by atoms with Gasteiger partial charge >= 0.3 is 6.09 Å². The van der Waals surface area contributed by atoms with E-state index >= 15 is 0 Å². The van der Waals surface area contributed by atoms with Crippen LogP contribution in [0.3, 0.4) is 0 Å². The number of likely N-dealkylation sites (tertiary alicyclic amines) is 2. The van der Waals surface area contributed by atoms with Crippen LogP contribution in [0, 0.1) is 5.92 Å². The summed E-state index contributed by atoms with van der Waals surface area (Å²) < 4.78 is 5.37.